The van der Waals surface area contributed by atoms with E-state index in [0.29, 0.717) is 5.69 Å². The van der Waals surface area contributed by atoms with E-state index in [4.69, 9.17) is 0 Å². The van der Waals surface area contributed by atoms with Crippen molar-refractivity contribution >= 4 is 11.5 Å². The van der Waals surface area contributed by atoms with Crippen LogP contribution in [-0.4, -0.2) is 28.2 Å². The van der Waals surface area contributed by atoms with E-state index in [2.05, 4.69) is 17.1 Å². The van der Waals surface area contributed by atoms with Crippen molar-refractivity contribution in [2.24, 2.45) is 0 Å². The average Bonchev–Trinajstić information content (AvgIpc) is 2.81. The third-order valence-corrected chi connectivity index (χ3v) is 3.33. The number of aromatic amines is 1. The van der Waals surface area contributed by atoms with Crippen LogP contribution in [-0.2, 0) is 6.42 Å². The molecule has 0 atom stereocenters. The van der Waals surface area contributed by atoms with Gasteiger partial charge in [-0.1, -0.05) is 26.2 Å². The van der Waals surface area contributed by atoms with Crippen LogP contribution in [0, 0.1) is 10.1 Å². The van der Waals surface area contributed by atoms with Crippen LogP contribution < -0.4 is 4.90 Å². The van der Waals surface area contributed by atoms with E-state index in [0.717, 1.165) is 38.0 Å². The Bertz CT molecular complexity index is 399. The average molecular weight is 268 g/mol. The number of H-pyrrole nitrogens is 1. The minimum absolute atomic E-state index is 0.0470. The molecule has 108 valence electrons. The van der Waals surface area contributed by atoms with Crippen molar-refractivity contribution in [3.8, 4) is 0 Å². The second-order valence-corrected chi connectivity index (χ2v) is 4.61. The fourth-order valence-corrected chi connectivity index (χ4v) is 2.26. The fraction of sp³-hybridized carbons (Fsp3) is 0.769. The summed E-state index contributed by atoms with van der Waals surface area (Å²) in [5.74, 6) is -0.0470. The molecule has 1 heterocycles. The van der Waals surface area contributed by atoms with Crippen LogP contribution >= 0.6 is 0 Å². The molecule has 19 heavy (non-hydrogen) atoms. The Balaban J connectivity index is 2.87. The van der Waals surface area contributed by atoms with Gasteiger partial charge in [-0.3, -0.25) is 0 Å². The Kier molecular flexibility index (Phi) is 6.32. The molecule has 1 rings (SSSR count). The predicted octanol–water partition coefficient (Wildman–Crippen LogP) is 3.29. The molecule has 0 fully saturated rings. The van der Waals surface area contributed by atoms with E-state index in [1.807, 2.05) is 18.7 Å². The van der Waals surface area contributed by atoms with Gasteiger partial charge in [0, 0.05) is 13.1 Å². The molecule has 1 aromatic heterocycles. The highest BCUT2D eigenvalue weighted by Gasteiger charge is 2.26. The van der Waals surface area contributed by atoms with E-state index in [1.54, 1.807) is 0 Å². The van der Waals surface area contributed by atoms with Gasteiger partial charge in [-0.05, 0) is 31.6 Å². The van der Waals surface area contributed by atoms with E-state index in [-0.39, 0.29) is 5.82 Å². The van der Waals surface area contributed by atoms with Crippen molar-refractivity contribution in [1.29, 1.82) is 0 Å². The quantitative estimate of drug-likeness (QED) is 0.423. The van der Waals surface area contributed by atoms with Gasteiger partial charge in [-0.2, -0.15) is 5.10 Å². The minimum atomic E-state index is -0.403. The lowest BCUT2D eigenvalue weighted by atomic mass is 10.1. The van der Waals surface area contributed by atoms with Crippen LogP contribution in [0.3, 0.4) is 0 Å². The Morgan fingerprint density at radius 3 is 2.42 bits per heavy atom. The molecule has 0 bridgehead atoms. The van der Waals surface area contributed by atoms with Crippen LogP contribution in [0.5, 0.6) is 0 Å². The number of nitrogens with one attached hydrogen (secondary N) is 1. The Morgan fingerprint density at radius 2 is 1.89 bits per heavy atom. The summed E-state index contributed by atoms with van der Waals surface area (Å²) >= 11 is 0. The summed E-state index contributed by atoms with van der Waals surface area (Å²) in [7, 11) is 0. The summed E-state index contributed by atoms with van der Waals surface area (Å²) in [6.45, 7) is 7.67. The normalized spacial score (nSPS) is 10.7. The van der Waals surface area contributed by atoms with Gasteiger partial charge in [0.05, 0.1) is 10.8 Å². The molecule has 0 aliphatic heterocycles. The van der Waals surface area contributed by atoms with Gasteiger partial charge in [0.25, 0.3) is 0 Å². The predicted molar refractivity (Wildman–Crippen MR) is 76.6 cm³/mol. The number of nitro groups is 1. The van der Waals surface area contributed by atoms with Gasteiger partial charge in [0.2, 0.25) is 0 Å². The first-order valence-corrected chi connectivity index (χ1v) is 7.12. The molecule has 0 spiro atoms. The first-order chi connectivity index (χ1) is 9.15. The van der Waals surface area contributed by atoms with Crippen LogP contribution in [0.1, 0.15) is 52.1 Å². The number of anilines is 1. The van der Waals surface area contributed by atoms with Crippen molar-refractivity contribution in [2.45, 2.75) is 52.9 Å². The smallest absolute Gasteiger partial charge is 0.364 e. The summed E-state index contributed by atoms with van der Waals surface area (Å²) in [5.41, 5.74) is 1.57. The number of hydrogen-bond donors (Lipinski definition) is 1. The van der Waals surface area contributed by atoms with Gasteiger partial charge in [-0.15, -0.1) is 0 Å². The van der Waals surface area contributed by atoms with Crippen molar-refractivity contribution in [3.63, 3.8) is 0 Å². The lowest BCUT2D eigenvalue weighted by Crippen LogP contribution is -2.23. The molecule has 0 saturated heterocycles. The number of unbranched alkanes of at least 4 members (excludes halogenated alkanes) is 3. The van der Waals surface area contributed by atoms with Crippen LogP contribution in [0.25, 0.3) is 0 Å². The molecular weight excluding hydrogens is 244 g/mol. The molecule has 0 saturated carbocycles. The maximum absolute atomic E-state index is 11.0. The SMILES string of the molecule is CCCCCCc1[nH]nc([N+](=O)[O-])c1N(CC)CC. The Hall–Kier alpha value is -1.59. The third-order valence-electron chi connectivity index (χ3n) is 3.33. The van der Waals surface area contributed by atoms with Gasteiger partial charge in [0.15, 0.2) is 5.69 Å². The molecular formula is C13H24N4O2. The van der Waals surface area contributed by atoms with Gasteiger partial charge in [-0.25, -0.2) is 0 Å². The standard InChI is InChI=1S/C13H24N4O2/c1-4-7-8-9-10-11-12(16(5-2)6-3)13(15-14-11)17(18)19/h4-10H2,1-3H3,(H,14,15). The van der Waals surface area contributed by atoms with Crippen molar-refractivity contribution < 1.29 is 4.92 Å². The molecule has 6 heteroatoms. The number of rotatable bonds is 9. The zero-order valence-corrected chi connectivity index (χ0v) is 12.1. The highest BCUT2D eigenvalue weighted by atomic mass is 16.6. The third kappa shape index (κ3) is 3.94. The van der Waals surface area contributed by atoms with Gasteiger partial charge >= 0.3 is 5.82 Å². The number of aryl methyl sites for hydroxylation is 1. The largest absolute Gasteiger partial charge is 0.413 e. The van der Waals surface area contributed by atoms with E-state index in [1.165, 1.54) is 12.8 Å². The molecule has 0 aromatic carbocycles. The molecule has 0 radical (unpaired) electrons. The highest BCUT2D eigenvalue weighted by molar-refractivity contribution is 5.63. The van der Waals surface area contributed by atoms with Crippen molar-refractivity contribution in [1.82, 2.24) is 10.2 Å². The highest BCUT2D eigenvalue weighted by Crippen LogP contribution is 2.30. The first-order valence-electron chi connectivity index (χ1n) is 7.12. The van der Waals surface area contributed by atoms with Crippen molar-refractivity contribution in [2.75, 3.05) is 18.0 Å². The van der Waals surface area contributed by atoms with Gasteiger partial charge in [0.1, 0.15) is 0 Å². The summed E-state index contributed by atoms with van der Waals surface area (Å²) in [6.07, 6.45) is 5.41. The second kappa shape index (κ2) is 7.76. The molecule has 1 N–H and O–H groups in total. The lowest BCUT2D eigenvalue weighted by molar-refractivity contribution is -0.388. The van der Waals surface area contributed by atoms with Crippen molar-refractivity contribution in [3.05, 3.63) is 15.8 Å². The summed E-state index contributed by atoms with van der Waals surface area (Å²) in [6, 6.07) is 0. The zero-order chi connectivity index (χ0) is 14.3. The monoisotopic (exact) mass is 268 g/mol. The zero-order valence-electron chi connectivity index (χ0n) is 12.1. The number of aromatic nitrogens is 2. The summed E-state index contributed by atoms with van der Waals surface area (Å²) in [4.78, 5) is 12.6. The molecule has 0 unspecified atom stereocenters. The maximum atomic E-state index is 11.0. The van der Waals surface area contributed by atoms with Gasteiger partial charge < -0.3 is 15.0 Å². The van der Waals surface area contributed by atoms with E-state index < -0.39 is 4.92 Å². The van der Waals surface area contributed by atoms with Crippen LogP contribution in [0.4, 0.5) is 11.5 Å². The molecule has 1 aromatic rings. The molecule has 0 amide bonds. The molecule has 0 aliphatic carbocycles. The van der Waals surface area contributed by atoms with E-state index >= 15 is 0 Å². The second-order valence-electron chi connectivity index (χ2n) is 4.61. The molecule has 0 aliphatic rings. The number of nitrogens with zero attached hydrogens (tertiary/aromatic N) is 3. The maximum Gasteiger partial charge on any atom is 0.413 e. The lowest BCUT2D eigenvalue weighted by Gasteiger charge is -2.19. The molecule has 6 nitrogen and oxygen atoms in total. The Morgan fingerprint density at radius 1 is 1.21 bits per heavy atom. The summed E-state index contributed by atoms with van der Waals surface area (Å²) in [5, 5.41) is 17.8. The topological polar surface area (TPSA) is 75.1 Å². The first kappa shape index (κ1) is 15.5. The van der Waals surface area contributed by atoms with E-state index in [9.17, 15) is 10.1 Å². The minimum Gasteiger partial charge on any atom is -0.364 e. The van der Waals surface area contributed by atoms with Crippen LogP contribution in [0.15, 0.2) is 0 Å². The van der Waals surface area contributed by atoms with Crippen LogP contribution in [0.2, 0.25) is 0 Å². The fourth-order valence-electron chi connectivity index (χ4n) is 2.26. The Labute approximate surface area is 114 Å². The summed E-state index contributed by atoms with van der Waals surface area (Å²) < 4.78 is 0. The number of hydrogen-bond acceptors (Lipinski definition) is 4.